The third kappa shape index (κ3) is 2.85. The molecule has 0 bridgehead atoms. The molecule has 0 saturated carbocycles. The minimum Gasteiger partial charge on any atom is -0.358 e. The molecule has 5 nitrogen and oxygen atoms in total. The van der Waals surface area contributed by atoms with Crippen LogP contribution in [0, 0.1) is 6.92 Å². The van der Waals surface area contributed by atoms with Crippen LogP contribution in [0.25, 0.3) is 0 Å². The summed E-state index contributed by atoms with van der Waals surface area (Å²) in [6.07, 6.45) is 1.88. The largest absolute Gasteiger partial charge is 0.358 e. The van der Waals surface area contributed by atoms with E-state index in [1.54, 1.807) is 18.2 Å². The first kappa shape index (κ1) is 16.0. The number of fused-ring (bicyclic) bond motifs is 3. The number of benzene rings is 2. The molecule has 2 amide bonds. The molecule has 0 radical (unpaired) electrons. The quantitative estimate of drug-likeness (QED) is 0.860. The van der Waals surface area contributed by atoms with E-state index in [-0.39, 0.29) is 17.9 Å². The number of anilines is 3. The average Bonchev–Trinajstić information content (AvgIpc) is 3.08. The summed E-state index contributed by atoms with van der Waals surface area (Å²) in [7, 11) is 0. The van der Waals surface area contributed by atoms with Crippen LogP contribution in [-0.4, -0.2) is 24.4 Å². The summed E-state index contributed by atoms with van der Waals surface area (Å²) in [6.45, 7) is 2.78. The van der Waals surface area contributed by atoms with Crippen molar-refractivity contribution in [1.29, 1.82) is 0 Å². The van der Waals surface area contributed by atoms with Crippen molar-refractivity contribution in [2.75, 3.05) is 22.1 Å². The van der Waals surface area contributed by atoms with Crippen LogP contribution < -0.4 is 15.5 Å². The first-order valence-electron chi connectivity index (χ1n) is 8.32. The molecule has 6 heteroatoms. The Hall–Kier alpha value is -2.53. The number of hydrogen-bond donors (Lipinski definition) is 2. The molecule has 4 rings (SSSR count). The fourth-order valence-corrected chi connectivity index (χ4v) is 3.63. The van der Waals surface area contributed by atoms with Crippen LogP contribution in [0.15, 0.2) is 36.4 Å². The number of hydrogen-bond acceptors (Lipinski definition) is 3. The predicted octanol–water partition coefficient (Wildman–Crippen LogP) is 3.82. The van der Waals surface area contributed by atoms with Crippen LogP contribution in [0.1, 0.15) is 28.8 Å². The van der Waals surface area contributed by atoms with E-state index in [0.717, 1.165) is 30.6 Å². The van der Waals surface area contributed by atoms with Crippen LogP contribution in [0.5, 0.6) is 0 Å². The van der Waals surface area contributed by atoms with Gasteiger partial charge >= 0.3 is 0 Å². The Morgan fingerprint density at radius 3 is 2.92 bits per heavy atom. The Labute approximate surface area is 151 Å². The highest BCUT2D eigenvalue weighted by molar-refractivity contribution is 6.31. The van der Waals surface area contributed by atoms with Crippen LogP contribution >= 0.6 is 11.6 Å². The van der Waals surface area contributed by atoms with Gasteiger partial charge in [0.05, 0.1) is 11.4 Å². The molecular weight excluding hydrogens is 338 g/mol. The predicted molar refractivity (Wildman–Crippen MR) is 99.6 cm³/mol. The number of carbonyl (C=O) groups is 2. The molecule has 2 heterocycles. The zero-order valence-corrected chi connectivity index (χ0v) is 14.6. The van der Waals surface area contributed by atoms with E-state index in [1.165, 1.54) is 0 Å². The number of aryl methyl sites for hydroxylation is 1. The zero-order valence-electron chi connectivity index (χ0n) is 13.8. The number of carbonyl (C=O) groups excluding carboxylic acids is 2. The third-order valence-electron chi connectivity index (χ3n) is 4.81. The smallest absolute Gasteiger partial charge is 0.255 e. The van der Waals surface area contributed by atoms with E-state index in [0.29, 0.717) is 22.0 Å². The van der Waals surface area contributed by atoms with Crippen molar-refractivity contribution in [3.8, 4) is 0 Å². The number of rotatable bonds is 2. The van der Waals surface area contributed by atoms with Crippen molar-refractivity contribution in [1.82, 2.24) is 0 Å². The minimum atomic E-state index is -0.236. The Kier molecular flexibility index (Phi) is 3.88. The summed E-state index contributed by atoms with van der Waals surface area (Å²) in [4.78, 5) is 26.9. The Bertz CT molecular complexity index is 881. The maximum absolute atomic E-state index is 12.5. The van der Waals surface area contributed by atoms with Gasteiger partial charge in [-0.2, -0.15) is 0 Å². The van der Waals surface area contributed by atoms with E-state index >= 15 is 0 Å². The fourth-order valence-electron chi connectivity index (χ4n) is 3.45. The summed E-state index contributed by atoms with van der Waals surface area (Å²) >= 11 is 6.10. The Morgan fingerprint density at radius 2 is 2.12 bits per heavy atom. The fraction of sp³-hybridized carbons (Fsp3) is 0.263. The molecule has 0 spiro atoms. The molecule has 2 aromatic carbocycles. The molecule has 1 saturated heterocycles. The van der Waals surface area contributed by atoms with Crippen LogP contribution in [-0.2, 0) is 4.79 Å². The number of nitrogens with zero attached hydrogens (tertiary/aromatic N) is 1. The van der Waals surface area contributed by atoms with E-state index in [1.807, 2.05) is 25.1 Å². The molecule has 0 aliphatic carbocycles. The van der Waals surface area contributed by atoms with Gasteiger partial charge in [0, 0.05) is 22.8 Å². The molecule has 0 unspecified atom stereocenters. The summed E-state index contributed by atoms with van der Waals surface area (Å²) in [5.74, 6) is -0.228. The lowest BCUT2D eigenvalue weighted by Crippen LogP contribution is -2.43. The monoisotopic (exact) mass is 355 g/mol. The second-order valence-electron chi connectivity index (χ2n) is 6.49. The normalized spacial score (nSPS) is 18.4. The van der Waals surface area contributed by atoms with Crippen molar-refractivity contribution in [3.05, 3.63) is 52.5 Å². The van der Waals surface area contributed by atoms with E-state index < -0.39 is 0 Å². The SMILES string of the molecule is Cc1ccc(NC(=O)c2ccc3c(c2)NC(=O)[C@@H]2CCCN32)cc1Cl. The number of halogens is 1. The van der Waals surface area contributed by atoms with Gasteiger partial charge in [-0.1, -0.05) is 17.7 Å². The summed E-state index contributed by atoms with van der Waals surface area (Å²) in [5, 5.41) is 6.37. The topological polar surface area (TPSA) is 61.4 Å². The van der Waals surface area contributed by atoms with E-state index in [2.05, 4.69) is 15.5 Å². The average molecular weight is 356 g/mol. The highest BCUT2D eigenvalue weighted by Crippen LogP contribution is 2.37. The van der Waals surface area contributed by atoms with Gasteiger partial charge in [-0.15, -0.1) is 0 Å². The van der Waals surface area contributed by atoms with Gasteiger partial charge in [0.25, 0.3) is 5.91 Å². The van der Waals surface area contributed by atoms with Crippen LogP contribution in [0.2, 0.25) is 5.02 Å². The first-order valence-corrected chi connectivity index (χ1v) is 8.70. The number of nitrogens with one attached hydrogen (secondary N) is 2. The minimum absolute atomic E-state index is 0.00729. The highest BCUT2D eigenvalue weighted by Gasteiger charge is 2.36. The molecule has 25 heavy (non-hydrogen) atoms. The molecule has 1 fully saturated rings. The Balaban J connectivity index is 1.59. The summed E-state index contributed by atoms with van der Waals surface area (Å²) < 4.78 is 0. The van der Waals surface area contributed by atoms with E-state index in [4.69, 9.17) is 11.6 Å². The van der Waals surface area contributed by atoms with Crippen molar-refractivity contribution >= 4 is 40.5 Å². The van der Waals surface area contributed by atoms with Crippen molar-refractivity contribution in [3.63, 3.8) is 0 Å². The lowest BCUT2D eigenvalue weighted by atomic mass is 10.1. The maximum atomic E-state index is 12.5. The number of amides is 2. The zero-order chi connectivity index (χ0) is 17.6. The van der Waals surface area contributed by atoms with Gasteiger partial charge in [-0.25, -0.2) is 0 Å². The maximum Gasteiger partial charge on any atom is 0.255 e. The van der Waals surface area contributed by atoms with Gasteiger partial charge < -0.3 is 15.5 Å². The second kappa shape index (κ2) is 6.08. The van der Waals surface area contributed by atoms with E-state index in [9.17, 15) is 9.59 Å². The highest BCUT2D eigenvalue weighted by atomic mass is 35.5. The summed E-state index contributed by atoms with van der Waals surface area (Å²) in [5.41, 5.74) is 3.77. The molecule has 2 aliphatic rings. The third-order valence-corrected chi connectivity index (χ3v) is 5.22. The van der Waals surface area contributed by atoms with Gasteiger partial charge in [0.1, 0.15) is 6.04 Å². The molecule has 1 atom stereocenters. The molecule has 128 valence electrons. The van der Waals surface area contributed by atoms with Crippen molar-refractivity contribution in [2.24, 2.45) is 0 Å². The van der Waals surface area contributed by atoms with Crippen molar-refractivity contribution in [2.45, 2.75) is 25.8 Å². The van der Waals surface area contributed by atoms with Gasteiger partial charge in [-0.3, -0.25) is 9.59 Å². The van der Waals surface area contributed by atoms with Crippen LogP contribution in [0.3, 0.4) is 0 Å². The molecule has 2 aromatic rings. The molecule has 2 N–H and O–H groups in total. The standard InChI is InChI=1S/C19H18ClN3O2/c1-11-4-6-13(10-14(11)20)21-18(24)12-5-7-16-15(9-12)22-19(25)17-3-2-8-23(16)17/h4-7,9-10,17H,2-3,8H2,1H3,(H,21,24)(H,22,25)/t17-/m0/s1. The molecule has 0 aromatic heterocycles. The Morgan fingerprint density at radius 1 is 1.28 bits per heavy atom. The van der Waals surface area contributed by atoms with Gasteiger partial charge in [-0.05, 0) is 55.7 Å². The lowest BCUT2D eigenvalue weighted by molar-refractivity contribution is -0.117. The van der Waals surface area contributed by atoms with Gasteiger partial charge in [0.15, 0.2) is 0 Å². The first-order chi connectivity index (χ1) is 12.0. The van der Waals surface area contributed by atoms with Crippen molar-refractivity contribution < 1.29 is 9.59 Å². The lowest BCUT2D eigenvalue weighted by Gasteiger charge is -2.33. The molecule has 2 aliphatic heterocycles. The van der Waals surface area contributed by atoms with Gasteiger partial charge in [0.2, 0.25) is 5.91 Å². The molecular formula is C19H18ClN3O2. The van der Waals surface area contributed by atoms with Crippen LogP contribution in [0.4, 0.5) is 17.1 Å². The second-order valence-corrected chi connectivity index (χ2v) is 6.90. The summed E-state index contributed by atoms with van der Waals surface area (Å²) in [6, 6.07) is 10.7.